The molecule has 0 unspecified atom stereocenters. The van der Waals surface area contributed by atoms with Crippen molar-refractivity contribution in [1.29, 1.82) is 0 Å². The van der Waals surface area contributed by atoms with Crippen LogP contribution in [0.25, 0.3) is 21.3 Å². The second-order valence-corrected chi connectivity index (χ2v) is 8.69. The van der Waals surface area contributed by atoms with Gasteiger partial charge in [-0.3, -0.25) is 4.98 Å². The number of aromatic nitrogens is 3. The van der Waals surface area contributed by atoms with E-state index in [1.165, 1.54) is 5.56 Å². The fourth-order valence-corrected chi connectivity index (χ4v) is 4.97. The average molecular weight is 457 g/mol. The predicted octanol–water partition coefficient (Wildman–Crippen LogP) is 6.66. The van der Waals surface area contributed by atoms with Crippen LogP contribution in [0, 0.1) is 0 Å². The zero-order valence-electron chi connectivity index (χ0n) is 17.4. The van der Waals surface area contributed by atoms with Gasteiger partial charge < -0.3 is 4.90 Å². The topological polar surface area (TPSA) is 41.9 Å². The normalized spacial score (nSPS) is 11.0. The van der Waals surface area contributed by atoms with Gasteiger partial charge in [0.05, 0.1) is 5.39 Å². The van der Waals surface area contributed by atoms with Crippen molar-refractivity contribution < 1.29 is 0 Å². The van der Waals surface area contributed by atoms with Crippen LogP contribution in [0.15, 0.2) is 90.4 Å². The average Bonchev–Trinajstić information content (AvgIpc) is 3.27. The van der Waals surface area contributed by atoms with Crippen LogP contribution in [0.2, 0.25) is 5.28 Å². The molecular formula is C26H21ClN4S. The van der Waals surface area contributed by atoms with Gasteiger partial charge in [0.15, 0.2) is 0 Å². The van der Waals surface area contributed by atoms with Crippen molar-refractivity contribution in [3.63, 3.8) is 0 Å². The number of fused-ring (bicyclic) bond motifs is 1. The summed E-state index contributed by atoms with van der Waals surface area (Å²) in [6, 6.07) is 26.8. The summed E-state index contributed by atoms with van der Waals surface area (Å²) in [6.45, 7) is 1.48. The van der Waals surface area contributed by atoms with E-state index in [1.54, 1.807) is 11.3 Å². The van der Waals surface area contributed by atoms with Gasteiger partial charge in [-0.1, -0.05) is 66.7 Å². The molecule has 6 heteroatoms. The molecule has 32 heavy (non-hydrogen) atoms. The summed E-state index contributed by atoms with van der Waals surface area (Å²) in [4.78, 5) is 17.0. The van der Waals surface area contributed by atoms with E-state index >= 15 is 0 Å². The molecule has 0 bridgehead atoms. The quantitative estimate of drug-likeness (QED) is 0.257. The number of benzene rings is 2. The Labute approximate surface area is 196 Å². The monoisotopic (exact) mass is 456 g/mol. The molecule has 0 amide bonds. The Morgan fingerprint density at radius 2 is 1.59 bits per heavy atom. The predicted molar refractivity (Wildman–Crippen MR) is 133 cm³/mol. The highest BCUT2D eigenvalue weighted by atomic mass is 35.5. The lowest BCUT2D eigenvalue weighted by molar-refractivity contribution is 0.761. The van der Waals surface area contributed by atoms with Gasteiger partial charge in [-0.15, -0.1) is 11.3 Å². The molecule has 5 rings (SSSR count). The van der Waals surface area contributed by atoms with E-state index in [4.69, 9.17) is 16.6 Å². The Balaban J connectivity index is 1.60. The molecular weight excluding hydrogens is 436 g/mol. The lowest BCUT2D eigenvalue weighted by atomic mass is 10.1. The number of thiophene rings is 1. The molecule has 0 radical (unpaired) electrons. The molecule has 3 aromatic heterocycles. The van der Waals surface area contributed by atoms with Gasteiger partial charge in [0.1, 0.15) is 10.6 Å². The second kappa shape index (κ2) is 9.47. The van der Waals surface area contributed by atoms with Crippen molar-refractivity contribution in [3.05, 3.63) is 107 Å². The first-order valence-electron chi connectivity index (χ1n) is 10.5. The molecule has 0 aliphatic rings. The Morgan fingerprint density at radius 1 is 0.844 bits per heavy atom. The Morgan fingerprint density at radius 3 is 2.34 bits per heavy atom. The molecule has 0 saturated heterocycles. The molecule has 0 N–H and O–H groups in total. The van der Waals surface area contributed by atoms with E-state index < -0.39 is 0 Å². The zero-order chi connectivity index (χ0) is 21.8. The van der Waals surface area contributed by atoms with Crippen molar-refractivity contribution in [2.24, 2.45) is 0 Å². The molecule has 0 spiro atoms. The molecule has 2 aromatic carbocycles. The number of rotatable bonds is 7. The number of pyridine rings is 1. The lowest BCUT2D eigenvalue weighted by Crippen LogP contribution is -2.27. The van der Waals surface area contributed by atoms with E-state index in [0.717, 1.165) is 52.4 Å². The van der Waals surface area contributed by atoms with Gasteiger partial charge in [-0.2, -0.15) is 4.98 Å². The minimum absolute atomic E-state index is 0.268. The molecule has 5 aromatic rings. The van der Waals surface area contributed by atoms with Crippen LogP contribution < -0.4 is 4.90 Å². The smallest absolute Gasteiger partial charge is 0.225 e. The summed E-state index contributed by atoms with van der Waals surface area (Å²) in [5.74, 6) is 0.861. The number of hydrogen-bond donors (Lipinski definition) is 0. The van der Waals surface area contributed by atoms with Crippen LogP contribution in [0.5, 0.6) is 0 Å². The van der Waals surface area contributed by atoms with Crippen LogP contribution in [0.3, 0.4) is 0 Å². The first-order valence-corrected chi connectivity index (χ1v) is 11.7. The van der Waals surface area contributed by atoms with Gasteiger partial charge in [0, 0.05) is 42.3 Å². The maximum absolute atomic E-state index is 6.39. The van der Waals surface area contributed by atoms with E-state index in [1.807, 2.05) is 30.5 Å². The Bertz CT molecular complexity index is 1310. The number of hydrogen-bond acceptors (Lipinski definition) is 5. The molecule has 0 saturated carbocycles. The third kappa shape index (κ3) is 4.49. The maximum atomic E-state index is 6.39. The second-order valence-electron chi connectivity index (χ2n) is 7.49. The van der Waals surface area contributed by atoms with E-state index in [2.05, 4.69) is 74.8 Å². The van der Waals surface area contributed by atoms with E-state index in [-0.39, 0.29) is 5.28 Å². The minimum atomic E-state index is 0.268. The molecule has 0 aliphatic carbocycles. The van der Waals surface area contributed by atoms with Crippen molar-refractivity contribution in [2.45, 2.75) is 13.0 Å². The highest BCUT2D eigenvalue weighted by molar-refractivity contribution is 7.17. The van der Waals surface area contributed by atoms with Crippen LogP contribution in [-0.4, -0.2) is 21.5 Å². The van der Waals surface area contributed by atoms with Crippen molar-refractivity contribution in [2.75, 3.05) is 11.4 Å². The number of nitrogens with zero attached hydrogens (tertiary/aromatic N) is 4. The number of halogens is 1. The number of anilines is 1. The minimum Gasteiger partial charge on any atom is -0.351 e. The van der Waals surface area contributed by atoms with Crippen LogP contribution in [0.1, 0.15) is 11.3 Å². The van der Waals surface area contributed by atoms with E-state index in [9.17, 15) is 0 Å². The summed E-state index contributed by atoms with van der Waals surface area (Å²) in [6.07, 6.45) is 2.64. The lowest BCUT2D eigenvalue weighted by Gasteiger charge is -2.25. The summed E-state index contributed by atoms with van der Waals surface area (Å²) in [7, 11) is 0. The fourth-order valence-electron chi connectivity index (χ4n) is 3.82. The van der Waals surface area contributed by atoms with Crippen molar-refractivity contribution >= 4 is 39.0 Å². The summed E-state index contributed by atoms with van der Waals surface area (Å²) >= 11 is 7.99. The molecule has 3 heterocycles. The van der Waals surface area contributed by atoms with E-state index in [0.29, 0.717) is 0 Å². The maximum Gasteiger partial charge on any atom is 0.225 e. The highest BCUT2D eigenvalue weighted by Gasteiger charge is 2.20. The SMILES string of the molecule is Clc1nc(N(CCc2ccccn2)Cc2ccccc2)c2c(-c3ccccc3)csc2n1. The summed E-state index contributed by atoms with van der Waals surface area (Å²) in [5.41, 5.74) is 4.55. The molecule has 4 nitrogen and oxygen atoms in total. The zero-order valence-corrected chi connectivity index (χ0v) is 18.9. The largest absolute Gasteiger partial charge is 0.351 e. The van der Waals surface area contributed by atoms with Crippen molar-refractivity contribution in [1.82, 2.24) is 15.0 Å². The highest BCUT2D eigenvalue weighted by Crippen LogP contribution is 2.39. The van der Waals surface area contributed by atoms with Gasteiger partial charge in [0.25, 0.3) is 0 Å². The fraction of sp³-hybridized carbons (Fsp3) is 0.115. The van der Waals surface area contributed by atoms with Gasteiger partial charge in [0.2, 0.25) is 5.28 Å². The molecule has 0 fully saturated rings. The van der Waals surface area contributed by atoms with Crippen LogP contribution >= 0.6 is 22.9 Å². The molecule has 158 valence electrons. The third-order valence-electron chi connectivity index (χ3n) is 5.35. The first-order chi connectivity index (χ1) is 15.8. The van der Waals surface area contributed by atoms with Crippen molar-refractivity contribution in [3.8, 4) is 11.1 Å². The van der Waals surface area contributed by atoms with Gasteiger partial charge in [-0.25, -0.2) is 4.98 Å². The van der Waals surface area contributed by atoms with Gasteiger partial charge >= 0.3 is 0 Å². The third-order valence-corrected chi connectivity index (χ3v) is 6.39. The Kier molecular flexibility index (Phi) is 6.10. The standard InChI is InChI=1S/C26H21ClN4S/c27-26-29-24(23-22(18-32-25(23)30-26)20-11-5-2-6-12-20)31(17-19-9-3-1-4-10-19)16-14-21-13-7-8-15-28-21/h1-13,15,18H,14,16-17H2. The summed E-state index contributed by atoms with van der Waals surface area (Å²) < 4.78 is 0. The molecule has 0 atom stereocenters. The Hall–Kier alpha value is -3.28. The van der Waals surface area contributed by atoms with Crippen LogP contribution in [-0.2, 0) is 13.0 Å². The van der Waals surface area contributed by atoms with Gasteiger partial charge in [-0.05, 0) is 34.9 Å². The first kappa shape index (κ1) is 20.6. The summed E-state index contributed by atoms with van der Waals surface area (Å²) in [5, 5.41) is 3.46. The molecule has 0 aliphatic heterocycles. The van der Waals surface area contributed by atoms with Crippen LogP contribution in [0.4, 0.5) is 5.82 Å².